The number of carbonyl (C=O) groups excluding carboxylic acids is 1. The molecule has 11 nitrogen and oxygen atoms in total. The maximum Gasteiger partial charge on any atom is 0.501 e. The topological polar surface area (TPSA) is 128 Å². The molecule has 0 spiro atoms. The summed E-state index contributed by atoms with van der Waals surface area (Å²) in [7, 11) is -10.9. The van der Waals surface area contributed by atoms with E-state index in [9.17, 15) is 34.8 Å². The van der Waals surface area contributed by atoms with Gasteiger partial charge in [-0.1, -0.05) is 61.4 Å². The summed E-state index contributed by atoms with van der Waals surface area (Å²) in [6.07, 6.45) is 4.30. The maximum atomic E-state index is 14.2. The Kier molecular flexibility index (Phi) is 16.2. The number of sulfone groups is 1. The molecule has 0 saturated carbocycles. The number of anilines is 2. The predicted octanol–water partition coefficient (Wildman–Crippen LogP) is 9.22. The van der Waals surface area contributed by atoms with Crippen molar-refractivity contribution in [3.63, 3.8) is 0 Å². The van der Waals surface area contributed by atoms with Gasteiger partial charge in [-0.2, -0.15) is 13.2 Å². The number of sulfonamides is 1. The molecule has 356 valence electrons. The van der Waals surface area contributed by atoms with Crippen molar-refractivity contribution < 1.29 is 39.5 Å². The third-order valence-corrected chi connectivity index (χ3v) is 16.7. The molecule has 66 heavy (non-hydrogen) atoms. The lowest BCUT2D eigenvalue weighted by molar-refractivity contribution is -0.0435. The summed E-state index contributed by atoms with van der Waals surface area (Å²) < 4.78 is 103. The normalized spacial score (nSPS) is 18.2. The Hall–Kier alpha value is -4.10. The van der Waals surface area contributed by atoms with Crippen molar-refractivity contribution in [2.24, 2.45) is 5.41 Å². The van der Waals surface area contributed by atoms with Crippen LogP contribution in [0.3, 0.4) is 0 Å². The number of benzene rings is 4. The number of hydrogen-bond donors (Lipinski definition) is 2. The van der Waals surface area contributed by atoms with E-state index in [0.29, 0.717) is 49.4 Å². The zero-order chi connectivity index (χ0) is 47.1. The van der Waals surface area contributed by atoms with Crippen LogP contribution in [-0.4, -0.2) is 115 Å². The van der Waals surface area contributed by atoms with Gasteiger partial charge in [-0.15, -0.1) is 11.8 Å². The molecule has 2 fully saturated rings. The van der Waals surface area contributed by atoms with Gasteiger partial charge in [-0.05, 0) is 122 Å². The highest BCUT2D eigenvalue weighted by Gasteiger charge is 2.48. The number of piperazine rings is 1. The fourth-order valence-corrected chi connectivity index (χ4v) is 11.9. The summed E-state index contributed by atoms with van der Waals surface area (Å²) >= 11 is 7.65. The number of morpholine rings is 1. The van der Waals surface area contributed by atoms with Crippen LogP contribution < -0.4 is 14.9 Å². The second-order valence-corrected chi connectivity index (χ2v) is 23.0. The number of alkyl halides is 3. The molecule has 1 amide bonds. The van der Waals surface area contributed by atoms with Crippen molar-refractivity contribution in [3.8, 4) is 0 Å². The SMILES string of the molecule is CC1(C)CCC(c2ccc(Cl)cc2)=C(CN2CCN(c3ccc(C(=O)NS(=O)(=O)c4ccc(N[C@H](CCCN5CCOCC5)CSc5ccccc5)c(S(=O)(=O)C(F)(F)F)c4)cc3)CC2)C1. The number of thioether (sulfide) groups is 1. The summed E-state index contributed by atoms with van der Waals surface area (Å²) in [6, 6.07) is 25.9. The number of rotatable bonds is 17. The van der Waals surface area contributed by atoms with Gasteiger partial charge >= 0.3 is 5.51 Å². The molecule has 1 atom stereocenters. The number of ether oxygens (including phenoxy) is 1. The Morgan fingerprint density at radius 2 is 1.55 bits per heavy atom. The molecule has 2 aliphatic heterocycles. The smallest absolute Gasteiger partial charge is 0.380 e. The van der Waals surface area contributed by atoms with E-state index in [1.165, 1.54) is 40.6 Å². The van der Waals surface area contributed by atoms with Crippen molar-refractivity contribution in [3.05, 3.63) is 119 Å². The van der Waals surface area contributed by atoms with Crippen molar-refractivity contribution >= 4 is 66.1 Å². The summed E-state index contributed by atoms with van der Waals surface area (Å²) in [5.41, 5.74) is -0.999. The van der Waals surface area contributed by atoms with Crippen molar-refractivity contribution in [2.45, 2.75) is 72.2 Å². The fourth-order valence-electron chi connectivity index (χ4n) is 8.71. The molecule has 0 bridgehead atoms. The third kappa shape index (κ3) is 12.9. The van der Waals surface area contributed by atoms with E-state index >= 15 is 0 Å². The molecule has 2 N–H and O–H groups in total. The summed E-state index contributed by atoms with van der Waals surface area (Å²) in [5.74, 6) is -0.639. The first kappa shape index (κ1) is 49.8. The molecule has 7 rings (SSSR count). The quantitative estimate of drug-likeness (QED) is 0.0984. The molecule has 18 heteroatoms. The second kappa shape index (κ2) is 21.5. The molecule has 3 aliphatic rings. The Morgan fingerprint density at radius 1 is 0.864 bits per heavy atom. The first-order valence-electron chi connectivity index (χ1n) is 22.2. The van der Waals surface area contributed by atoms with Gasteiger partial charge in [-0.3, -0.25) is 14.6 Å². The molecule has 0 aromatic heterocycles. The molecule has 1 aliphatic carbocycles. The summed E-state index contributed by atoms with van der Waals surface area (Å²) in [4.78, 5) is 19.1. The molecule has 2 heterocycles. The van der Waals surface area contributed by atoms with E-state index in [2.05, 4.69) is 46.0 Å². The Morgan fingerprint density at radius 3 is 2.21 bits per heavy atom. The third-order valence-electron chi connectivity index (χ3n) is 12.4. The summed E-state index contributed by atoms with van der Waals surface area (Å²) in [5, 5.41) is 3.72. The fraction of sp³-hybridized carbons (Fsp3) is 0.438. The number of nitrogens with one attached hydrogen (secondary N) is 2. The van der Waals surface area contributed by atoms with Crippen LogP contribution in [0.1, 0.15) is 61.9 Å². The minimum atomic E-state index is -6.05. The lowest BCUT2D eigenvalue weighted by Crippen LogP contribution is -2.47. The van der Waals surface area contributed by atoms with Crippen molar-refractivity contribution in [1.29, 1.82) is 0 Å². The lowest BCUT2D eigenvalue weighted by atomic mass is 9.73. The van der Waals surface area contributed by atoms with E-state index in [0.717, 1.165) is 87.8 Å². The van der Waals surface area contributed by atoms with Crippen LogP contribution in [0.4, 0.5) is 24.5 Å². The van der Waals surface area contributed by atoms with Crippen LogP contribution in [0.25, 0.3) is 5.57 Å². The highest BCUT2D eigenvalue weighted by atomic mass is 35.5. The highest BCUT2D eigenvalue weighted by molar-refractivity contribution is 7.99. The second-order valence-electron chi connectivity index (χ2n) is 17.8. The number of amides is 1. The largest absolute Gasteiger partial charge is 0.501 e. The van der Waals surface area contributed by atoms with Gasteiger partial charge in [0.2, 0.25) is 0 Å². The van der Waals surface area contributed by atoms with Gasteiger partial charge in [0.05, 0.1) is 23.8 Å². The van der Waals surface area contributed by atoms with Gasteiger partial charge in [0.15, 0.2) is 0 Å². The van der Waals surface area contributed by atoms with Crippen LogP contribution >= 0.6 is 23.4 Å². The number of allylic oxidation sites excluding steroid dienone is 1. The Bertz CT molecular complexity index is 2550. The van der Waals surface area contributed by atoms with E-state index in [-0.39, 0.29) is 11.0 Å². The Balaban J connectivity index is 1.01. The average molecular weight is 989 g/mol. The van der Waals surface area contributed by atoms with E-state index in [1.54, 1.807) is 12.1 Å². The van der Waals surface area contributed by atoms with Gasteiger partial charge in [0.1, 0.15) is 4.90 Å². The van der Waals surface area contributed by atoms with E-state index < -0.39 is 52.8 Å². The van der Waals surface area contributed by atoms with Gasteiger partial charge < -0.3 is 15.0 Å². The molecule has 0 radical (unpaired) electrons. The standard InChI is InChI=1S/C48H57ClF3N5O6S3/c1-47(2)21-20-43(35-10-14-38(49)15-11-35)37(32-47)33-56-23-25-57(26-24-56)40-16-12-36(13-17-40)46(58)54-66(61,62)42-18-19-44(45(31-42)65(59,60)48(50,51)52)53-39(34-64-41-8-4-3-5-9-41)7-6-22-55-27-29-63-30-28-55/h3-5,8-19,31,39,53H,6-7,20-30,32-34H2,1-2H3,(H,54,58)/t39-/m1/s1. The van der Waals surface area contributed by atoms with Crippen LogP contribution in [0.5, 0.6) is 0 Å². The van der Waals surface area contributed by atoms with Crippen LogP contribution in [0.15, 0.2) is 117 Å². The van der Waals surface area contributed by atoms with Crippen molar-refractivity contribution in [1.82, 2.24) is 14.5 Å². The van der Waals surface area contributed by atoms with Gasteiger partial charge in [-0.25, -0.2) is 21.6 Å². The van der Waals surface area contributed by atoms with E-state index in [1.807, 2.05) is 47.2 Å². The zero-order valence-electron chi connectivity index (χ0n) is 37.2. The minimum Gasteiger partial charge on any atom is -0.380 e. The van der Waals surface area contributed by atoms with E-state index in [4.69, 9.17) is 16.3 Å². The highest BCUT2D eigenvalue weighted by Crippen LogP contribution is 2.43. The van der Waals surface area contributed by atoms with Gasteiger partial charge in [0, 0.05) is 78.8 Å². The first-order valence-corrected chi connectivity index (χ1v) is 26.5. The van der Waals surface area contributed by atoms with Gasteiger partial charge in [0.25, 0.3) is 25.8 Å². The number of nitrogens with zero attached hydrogens (tertiary/aromatic N) is 3. The van der Waals surface area contributed by atoms with Crippen LogP contribution in [0, 0.1) is 5.41 Å². The van der Waals surface area contributed by atoms with Crippen molar-refractivity contribution in [2.75, 3.05) is 81.5 Å². The number of halogens is 4. The first-order chi connectivity index (χ1) is 31.4. The van der Waals surface area contributed by atoms with Crippen LogP contribution in [0.2, 0.25) is 5.02 Å². The molecule has 4 aromatic carbocycles. The lowest BCUT2D eigenvalue weighted by Gasteiger charge is -2.39. The molecule has 0 unspecified atom stereocenters. The zero-order valence-corrected chi connectivity index (χ0v) is 40.4. The molecule has 2 saturated heterocycles. The summed E-state index contributed by atoms with van der Waals surface area (Å²) in [6.45, 7) is 12.1. The number of hydrogen-bond acceptors (Lipinski definition) is 11. The molecular formula is C48H57ClF3N5O6S3. The van der Waals surface area contributed by atoms with Crippen LogP contribution in [-0.2, 0) is 24.6 Å². The molecule has 4 aromatic rings. The Labute approximate surface area is 396 Å². The molecular weight excluding hydrogens is 931 g/mol. The average Bonchev–Trinajstić information content (AvgIpc) is 3.29. The predicted molar refractivity (Wildman–Crippen MR) is 257 cm³/mol. The maximum absolute atomic E-state index is 14.2. The monoisotopic (exact) mass is 987 g/mol. The minimum absolute atomic E-state index is 0.000185. The number of carbonyl (C=O) groups is 1.